The summed E-state index contributed by atoms with van der Waals surface area (Å²) >= 11 is 12.0. The Kier molecular flexibility index (Phi) is 8.15. The van der Waals surface area contributed by atoms with Crippen molar-refractivity contribution in [1.29, 1.82) is 0 Å². The van der Waals surface area contributed by atoms with Crippen LogP contribution in [0.25, 0.3) is 0 Å². The van der Waals surface area contributed by atoms with Gasteiger partial charge in [0.05, 0.1) is 11.6 Å². The van der Waals surface area contributed by atoms with E-state index in [2.05, 4.69) is 10.0 Å². The summed E-state index contributed by atoms with van der Waals surface area (Å²) in [5, 5.41) is 2.97. The fourth-order valence-corrected chi connectivity index (χ4v) is 4.96. The highest BCUT2D eigenvalue weighted by atomic mass is 35.5. The van der Waals surface area contributed by atoms with Crippen LogP contribution in [0, 0.1) is 0 Å². The van der Waals surface area contributed by atoms with Crippen molar-refractivity contribution in [3.8, 4) is 5.75 Å². The highest BCUT2D eigenvalue weighted by Gasteiger charge is 2.28. The van der Waals surface area contributed by atoms with Crippen LogP contribution in [0.3, 0.4) is 0 Å². The molecule has 168 valence electrons. The van der Waals surface area contributed by atoms with Crippen LogP contribution in [-0.2, 0) is 21.2 Å². The van der Waals surface area contributed by atoms with E-state index in [-0.39, 0.29) is 21.4 Å². The van der Waals surface area contributed by atoms with E-state index in [1.54, 1.807) is 24.3 Å². The number of sulfonamides is 1. The van der Waals surface area contributed by atoms with E-state index in [0.29, 0.717) is 18.0 Å². The molecule has 0 aliphatic rings. The van der Waals surface area contributed by atoms with Gasteiger partial charge in [-0.15, -0.1) is 0 Å². The van der Waals surface area contributed by atoms with Gasteiger partial charge in [0.1, 0.15) is 16.7 Å². The topological polar surface area (TPSA) is 84.5 Å². The third-order valence-electron chi connectivity index (χ3n) is 4.51. The summed E-state index contributed by atoms with van der Waals surface area (Å²) < 4.78 is 33.9. The number of nitrogens with one attached hydrogen (secondary N) is 2. The van der Waals surface area contributed by atoms with E-state index in [4.69, 9.17) is 27.9 Å². The first kappa shape index (κ1) is 24.1. The monoisotopic (exact) mass is 492 g/mol. The predicted molar refractivity (Wildman–Crippen MR) is 127 cm³/mol. The van der Waals surface area contributed by atoms with Gasteiger partial charge in [-0.1, -0.05) is 53.5 Å². The van der Waals surface area contributed by atoms with Crippen LogP contribution in [0.2, 0.25) is 10.0 Å². The number of hydrogen-bond donors (Lipinski definition) is 2. The van der Waals surface area contributed by atoms with E-state index in [9.17, 15) is 13.2 Å². The largest absolute Gasteiger partial charge is 0.494 e. The number of ether oxygens (including phenoxy) is 1. The minimum atomic E-state index is -4.13. The minimum absolute atomic E-state index is 0.00674. The van der Waals surface area contributed by atoms with Crippen molar-refractivity contribution in [2.75, 3.05) is 11.9 Å². The minimum Gasteiger partial charge on any atom is -0.494 e. The zero-order valence-corrected chi connectivity index (χ0v) is 19.5. The van der Waals surface area contributed by atoms with Gasteiger partial charge in [-0.05, 0) is 61.4 Å². The second-order valence-electron chi connectivity index (χ2n) is 6.88. The van der Waals surface area contributed by atoms with Crippen LogP contribution in [0.4, 0.5) is 5.69 Å². The van der Waals surface area contributed by atoms with Crippen molar-refractivity contribution in [3.63, 3.8) is 0 Å². The molecule has 0 spiro atoms. The number of amides is 1. The summed E-state index contributed by atoms with van der Waals surface area (Å²) in [6, 6.07) is 19.0. The summed E-state index contributed by atoms with van der Waals surface area (Å²) in [5.41, 5.74) is 1.30. The Labute approximate surface area is 197 Å². The van der Waals surface area contributed by atoms with Gasteiger partial charge in [-0.25, -0.2) is 8.42 Å². The maximum Gasteiger partial charge on any atom is 0.242 e. The number of hydrogen-bond acceptors (Lipinski definition) is 4. The highest BCUT2D eigenvalue weighted by Crippen LogP contribution is 2.25. The van der Waals surface area contributed by atoms with Gasteiger partial charge in [0, 0.05) is 10.7 Å². The maximum atomic E-state index is 13.1. The molecule has 3 aromatic rings. The van der Waals surface area contributed by atoms with Crippen LogP contribution in [0.1, 0.15) is 12.5 Å². The van der Waals surface area contributed by atoms with Crippen LogP contribution in [0.15, 0.2) is 77.7 Å². The fourth-order valence-electron chi connectivity index (χ4n) is 3.00. The molecule has 0 heterocycles. The molecule has 1 amide bonds. The van der Waals surface area contributed by atoms with Crippen LogP contribution in [0.5, 0.6) is 5.75 Å². The first-order valence-electron chi connectivity index (χ1n) is 9.83. The van der Waals surface area contributed by atoms with Gasteiger partial charge in [0.25, 0.3) is 0 Å². The molecule has 2 N–H and O–H groups in total. The first-order valence-corrected chi connectivity index (χ1v) is 12.1. The molecule has 0 aliphatic heterocycles. The number of carbonyl (C=O) groups excluding carboxylic acids is 1. The molecule has 0 radical (unpaired) electrons. The molecule has 3 rings (SSSR count). The maximum absolute atomic E-state index is 13.1. The second kappa shape index (κ2) is 10.8. The predicted octanol–water partition coefficient (Wildman–Crippen LogP) is 4.92. The first-order chi connectivity index (χ1) is 15.3. The third-order valence-corrected chi connectivity index (χ3v) is 6.70. The molecule has 0 unspecified atom stereocenters. The Morgan fingerprint density at radius 1 is 1.00 bits per heavy atom. The molecular formula is C23H22Cl2N2O4S. The lowest BCUT2D eigenvalue weighted by atomic mass is 10.1. The smallest absolute Gasteiger partial charge is 0.242 e. The molecule has 32 heavy (non-hydrogen) atoms. The van der Waals surface area contributed by atoms with Gasteiger partial charge < -0.3 is 10.1 Å². The Hall–Kier alpha value is -2.58. The zero-order valence-electron chi connectivity index (χ0n) is 17.2. The van der Waals surface area contributed by atoms with Crippen molar-refractivity contribution in [3.05, 3.63) is 88.4 Å². The molecule has 1 atom stereocenters. The third kappa shape index (κ3) is 6.46. The lowest BCUT2D eigenvalue weighted by Gasteiger charge is -2.19. The second-order valence-corrected chi connectivity index (χ2v) is 9.41. The summed E-state index contributed by atoms with van der Waals surface area (Å²) in [4.78, 5) is 12.9. The van der Waals surface area contributed by atoms with Crippen molar-refractivity contribution in [1.82, 2.24) is 4.72 Å². The Bertz CT molecular complexity index is 1170. The number of rotatable bonds is 9. The summed E-state index contributed by atoms with van der Waals surface area (Å²) in [7, 11) is -4.13. The van der Waals surface area contributed by atoms with Crippen LogP contribution < -0.4 is 14.8 Å². The van der Waals surface area contributed by atoms with Crippen molar-refractivity contribution >= 4 is 44.8 Å². The number of benzene rings is 3. The average Bonchev–Trinajstić information content (AvgIpc) is 2.77. The van der Waals surface area contributed by atoms with Crippen LogP contribution >= 0.6 is 23.2 Å². The van der Waals surface area contributed by atoms with Crippen LogP contribution in [-0.4, -0.2) is 27.0 Å². The highest BCUT2D eigenvalue weighted by molar-refractivity contribution is 7.89. The van der Waals surface area contributed by atoms with E-state index in [1.165, 1.54) is 18.2 Å². The normalized spacial score (nSPS) is 12.2. The van der Waals surface area contributed by atoms with Crippen molar-refractivity contribution in [2.45, 2.75) is 24.3 Å². The Morgan fingerprint density at radius 3 is 2.34 bits per heavy atom. The molecule has 0 bridgehead atoms. The Balaban J connectivity index is 1.85. The SMILES string of the molecule is CCOc1ccc(NC(=O)[C@@H](Cc2ccccc2)NS(=O)(=O)c2cc(Cl)ccc2Cl)cc1. The number of anilines is 1. The van der Waals surface area contributed by atoms with Crippen molar-refractivity contribution in [2.24, 2.45) is 0 Å². The molecule has 0 aromatic heterocycles. The lowest BCUT2D eigenvalue weighted by molar-refractivity contribution is -0.117. The van der Waals surface area contributed by atoms with E-state index in [1.807, 2.05) is 37.3 Å². The summed E-state index contributed by atoms with van der Waals surface area (Å²) in [5.74, 6) is 0.155. The quantitative estimate of drug-likeness (QED) is 0.443. The molecule has 0 saturated carbocycles. The van der Waals surface area contributed by atoms with E-state index in [0.717, 1.165) is 5.56 Å². The van der Waals surface area contributed by atoms with E-state index < -0.39 is 22.0 Å². The molecule has 9 heteroatoms. The summed E-state index contributed by atoms with van der Waals surface area (Å²) in [6.45, 7) is 2.40. The standard InChI is InChI=1S/C23H22Cl2N2O4S/c1-2-31-19-11-9-18(10-12-19)26-23(28)21(14-16-6-4-3-5-7-16)27-32(29,30)22-15-17(24)8-13-20(22)25/h3-13,15,21,27H,2,14H2,1H3,(H,26,28)/t21-/m1/s1. The zero-order chi connectivity index (χ0) is 23.1. The molecule has 0 saturated heterocycles. The molecule has 3 aromatic carbocycles. The average molecular weight is 493 g/mol. The molecule has 0 fully saturated rings. The van der Waals surface area contributed by atoms with Gasteiger partial charge in [-0.2, -0.15) is 4.72 Å². The molecule has 6 nitrogen and oxygen atoms in total. The molecule has 0 aliphatic carbocycles. The lowest BCUT2D eigenvalue weighted by Crippen LogP contribution is -2.45. The number of carbonyl (C=O) groups is 1. The van der Waals surface area contributed by atoms with Gasteiger partial charge in [0.2, 0.25) is 15.9 Å². The Morgan fingerprint density at radius 2 is 1.69 bits per heavy atom. The van der Waals surface area contributed by atoms with Gasteiger partial charge in [-0.3, -0.25) is 4.79 Å². The number of halogens is 2. The van der Waals surface area contributed by atoms with Gasteiger partial charge in [0.15, 0.2) is 0 Å². The van der Waals surface area contributed by atoms with Gasteiger partial charge >= 0.3 is 0 Å². The summed E-state index contributed by atoms with van der Waals surface area (Å²) in [6.07, 6.45) is 0.140. The molecular weight excluding hydrogens is 471 g/mol. The van der Waals surface area contributed by atoms with E-state index >= 15 is 0 Å². The fraction of sp³-hybridized carbons (Fsp3) is 0.174. The van der Waals surface area contributed by atoms with Crippen molar-refractivity contribution < 1.29 is 17.9 Å².